The molecule has 3 heterocycles. The summed E-state index contributed by atoms with van der Waals surface area (Å²) in [5, 5.41) is -0.0334. The van der Waals surface area contributed by atoms with Gasteiger partial charge in [-0.05, 0) is 30.7 Å². The van der Waals surface area contributed by atoms with E-state index in [0.29, 0.717) is 5.76 Å². The molecule has 0 aliphatic carbocycles. The maximum absolute atomic E-state index is 12.6. The molecule has 0 N–H and O–H groups in total. The van der Waals surface area contributed by atoms with Crippen molar-refractivity contribution < 1.29 is 9.21 Å². The molecule has 0 bridgehead atoms. The number of hydrogen-bond acceptors (Lipinski definition) is 5. The first-order chi connectivity index (χ1) is 12.2. The Morgan fingerprint density at radius 3 is 2.58 bits per heavy atom. The number of nitrogens with zero attached hydrogens (tertiary/aromatic N) is 5. The smallest absolute Gasteiger partial charge is 0.332 e. The van der Waals surface area contributed by atoms with Gasteiger partial charge < -0.3 is 9.32 Å². The van der Waals surface area contributed by atoms with Crippen LogP contribution >= 0.6 is 11.6 Å². The number of hydrogen-bond donors (Lipinski definition) is 0. The highest BCUT2D eigenvalue weighted by Crippen LogP contribution is 2.16. The van der Waals surface area contributed by atoms with E-state index in [1.807, 2.05) is 13.0 Å². The van der Waals surface area contributed by atoms with Crippen LogP contribution in [0.3, 0.4) is 0 Å². The molecule has 0 unspecified atom stereocenters. The highest BCUT2D eigenvalue weighted by molar-refractivity contribution is 6.29. The molecule has 9 nitrogen and oxygen atoms in total. The van der Waals surface area contributed by atoms with Crippen molar-refractivity contribution in [3.63, 3.8) is 0 Å². The fourth-order valence-electron chi connectivity index (χ4n) is 2.71. The van der Waals surface area contributed by atoms with Crippen LogP contribution in [0, 0.1) is 6.92 Å². The SMILES string of the molecule is Cc1ccc(CN(C)C(=O)Cn2c(Cl)nc3c2c(=O)n(C)c(=O)n3C)o1. The van der Waals surface area contributed by atoms with E-state index in [0.717, 1.165) is 10.3 Å². The highest BCUT2D eigenvalue weighted by Gasteiger charge is 2.21. The molecule has 0 aliphatic rings. The Hall–Kier alpha value is -2.81. The molecular weight excluding hydrogens is 362 g/mol. The highest BCUT2D eigenvalue weighted by atomic mass is 35.5. The second-order valence-electron chi connectivity index (χ2n) is 6.11. The topological polar surface area (TPSA) is 95.3 Å². The molecular formula is C16H18ClN5O4. The summed E-state index contributed by atoms with van der Waals surface area (Å²) in [6.45, 7) is 1.93. The van der Waals surface area contributed by atoms with Crippen LogP contribution in [0.2, 0.25) is 5.28 Å². The van der Waals surface area contributed by atoms with Crippen molar-refractivity contribution in [3.05, 3.63) is 49.8 Å². The number of carbonyl (C=O) groups excluding carboxylic acids is 1. The molecule has 0 fully saturated rings. The predicted molar refractivity (Wildman–Crippen MR) is 95.1 cm³/mol. The average molecular weight is 380 g/mol. The number of aromatic nitrogens is 4. The molecule has 3 aromatic heterocycles. The van der Waals surface area contributed by atoms with Crippen molar-refractivity contribution >= 4 is 28.7 Å². The Kier molecular flexibility index (Phi) is 4.49. The lowest BCUT2D eigenvalue weighted by Gasteiger charge is -2.16. The van der Waals surface area contributed by atoms with E-state index in [-0.39, 0.29) is 35.4 Å². The van der Waals surface area contributed by atoms with Gasteiger partial charge in [-0.3, -0.25) is 23.3 Å². The first kappa shape index (κ1) is 18.0. The fourth-order valence-corrected chi connectivity index (χ4v) is 2.94. The van der Waals surface area contributed by atoms with E-state index in [2.05, 4.69) is 4.98 Å². The molecule has 1 amide bonds. The van der Waals surface area contributed by atoms with E-state index in [1.54, 1.807) is 13.1 Å². The zero-order valence-corrected chi connectivity index (χ0v) is 15.6. The van der Waals surface area contributed by atoms with Crippen LogP contribution < -0.4 is 11.2 Å². The van der Waals surface area contributed by atoms with Gasteiger partial charge in [0.25, 0.3) is 5.56 Å². The molecule has 3 aromatic rings. The lowest BCUT2D eigenvalue weighted by molar-refractivity contribution is -0.131. The van der Waals surface area contributed by atoms with Crippen molar-refractivity contribution in [1.29, 1.82) is 0 Å². The molecule has 0 atom stereocenters. The monoisotopic (exact) mass is 379 g/mol. The molecule has 0 saturated carbocycles. The Morgan fingerprint density at radius 1 is 1.27 bits per heavy atom. The van der Waals surface area contributed by atoms with Crippen molar-refractivity contribution in [2.45, 2.75) is 20.0 Å². The van der Waals surface area contributed by atoms with Crippen LogP contribution in [0.4, 0.5) is 0 Å². The summed E-state index contributed by atoms with van der Waals surface area (Å²) in [6.07, 6.45) is 0. The van der Waals surface area contributed by atoms with Crippen molar-refractivity contribution in [3.8, 4) is 0 Å². The Morgan fingerprint density at radius 2 is 1.96 bits per heavy atom. The van der Waals surface area contributed by atoms with Gasteiger partial charge in [0.1, 0.15) is 18.1 Å². The lowest BCUT2D eigenvalue weighted by Crippen LogP contribution is -2.38. The number of imidazole rings is 1. The predicted octanol–water partition coefficient (Wildman–Crippen LogP) is 0.647. The van der Waals surface area contributed by atoms with Gasteiger partial charge in [0, 0.05) is 21.1 Å². The summed E-state index contributed by atoms with van der Waals surface area (Å²) in [5.74, 6) is 1.13. The standard InChI is InChI=1S/C16H18ClN5O4/c1-9-5-6-10(26-9)7-19(2)11(23)8-22-12-13(18-15(22)17)20(3)16(25)21(4)14(12)24/h5-6H,7-8H2,1-4H3. The number of amides is 1. The third-order valence-electron chi connectivity index (χ3n) is 4.21. The second kappa shape index (κ2) is 6.49. The van der Waals surface area contributed by atoms with Crippen molar-refractivity contribution in [2.75, 3.05) is 7.05 Å². The molecule has 138 valence electrons. The van der Waals surface area contributed by atoms with Crippen LogP contribution in [0.1, 0.15) is 11.5 Å². The fraction of sp³-hybridized carbons (Fsp3) is 0.375. The van der Waals surface area contributed by atoms with Gasteiger partial charge in [-0.1, -0.05) is 0 Å². The quantitative estimate of drug-likeness (QED) is 0.620. The molecule has 10 heteroatoms. The molecule has 0 saturated heterocycles. The normalized spacial score (nSPS) is 11.3. The van der Waals surface area contributed by atoms with Gasteiger partial charge in [-0.2, -0.15) is 4.98 Å². The number of fused-ring (bicyclic) bond motifs is 1. The second-order valence-corrected chi connectivity index (χ2v) is 6.45. The first-order valence-electron chi connectivity index (χ1n) is 7.81. The number of aryl methyl sites for hydroxylation is 2. The van der Waals surface area contributed by atoms with Gasteiger partial charge in [0.2, 0.25) is 11.2 Å². The minimum Gasteiger partial charge on any atom is -0.464 e. The number of likely N-dealkylation sites (N-methyl/N-ethyl adjacent to an activating group) is 1. The van der Waals surface area contributed by atoms with Gasteiger partial charge in [0.05, 0.1) is 6.54 Å². The Bertz CT molecular complexity index is 1120. The Balaban J connectivity index is 1.96. The first-order valence-corrected chi connectivity index (χ1v) is 8.19. The zero-order valence-electron chi connectivity index (χ0n) is 14.8. The van der Waals surface area contributed by atoms with Gasteiger partial charge in [-0.15, -0.1) is 0 Å². The summed E-state index contributed by atoms with van der Waals surface area (Å²) >= 11 is 6.13. The molecule has 26 heavy (non-hydrogen) atoms. The zero-order chi connectivity index (χ0) is 19.2. The lowest BCUT2D eigenvalue weighted by atomic mass is 10.4. The maximum atomic E-state index is 12.6. The van der Waals surface area contributed by atoms with Gasteiger partial charge in [-0.25, -0.2) is 4.79 Å². The van der Waals surface area contributed by atoms with Crippen molar-refractivity contribution in [2.24, 2.45) is 14.1 Å². The van der Waals surface area contributed by atoms with E-state index < -0.39 is 11.2 Å². The van der Waals surface area contributed by atoms with Crippen molar-refractivity contribution in [1.82, 2.24) is 23.6 Å². The third kappa shape index (κ3) is 2.94. The summed E-state index contributed by atoms with van der Waals surface area (Å²) in [6, 6.07) is 3.61. The number of halogens is 1. The van der Waals surface area contributed by atoms with Crippen LogP contribution in [-0.2, 0) is 32.0 Å². The summed E-state index contributed by atoms with van der Waals surface area (Å²) < 4.78 is 8.95. The number of carbonyl (C=O) groups is 1. The minimum absolute atomic E-state index is 0.0334. The van der Waals surface area contributed by atoms with E-state index in [4.69, 9.17) is 16.0 Å². The summed E-state index contributed by atoms with van der Waals surface area (Å²) in [4.78, 5) is 42.6. The van der Waals surface area contributed by atoms with Gasteiger partial charge in [0.15, 0.2) is 11.2 Å². The van der Waals surface area contributed by atoms with E-state index in [9.17, 15) is 14.4 Å². The Labute approximate surface area is 153 Å². The largest absolute Gasteiger partial charge is 0.464 e. The molecule has 3 rings (SSSR count). The summed E-state index contributed by atoms with van der Waals surface area (Å²) in [5.41, 5.74) is -0.824. The van der Waals surface area contributed by atoms with Crippen LogP contribution in [-0.4, -0.2) is 36.5 Å². The van der Waals surface area contributed by atoms with E-state index >= 15 is 0 Å². The number of rotatable bonds is 4. The van der Waals surface area contributed by atoms with Crippen LogP contribution in [0.15, 0.2) is 26.1 Å². The van der Waals surface area contributed by atoms with Crippen LogP contribution in [0.5, 0.6) is 0 Å². The number of furan rings is 1. The average Bonchev–Trinajstić information content (AvgIpc) is 3.14. The minimum atomic E-state index is -0.556. The third-order valence-corrected chi connectivity index (χ3v) is 4.50. The summed E-state index contributed by atoms with van der Waals surface area (Å²) in [7, 11) is 4.48. The molecule has 0 aromatic carbocycles. The molecule has 0 radical (unpaired) electrons. The van der Waals surface area contributed by atoms with Gasteiger partial charge >= 0.3 is 5.69 Å². The molecule has 0 aliphatic heterocycles. The molecule has 0 spiro atoms. The van der Waals surface area contributed by atoms with E-state index in [1.165, 1.54) is 28.1 Å². The van der Waals surface area contributed by atoms with Crippen LogP contribution in [0.25, 0.3) is 11.2 Å². The maximum Gasteiger partial charge on any atom is 0.332 e.